The number of nitrogens with zero attached hydrogens (tertiary/aromatic N) is 3. The number of hydrogen-bond acceptors (Lipinski definition) is 6. The molecule has 1 fully saturated rings. The number of amides is 1. The van der Waals surface area contributed by atoms with Crippen molar-refractivity contribution >= 4 is 5.91 Å². The molecule has 0 aliphatic carbocycles. The van der Waals surface area contributed by atoms with Crippen LogP contribution in [0.2, 0.25) is 0 Å². The molecule has 8 nitrogen and oxygen atoms in total. The second-order valence-corrected chi connectivity index (χ2v) is 6.65. The molecule has 0 atom stereocenters. The second kappa shape index (κ2) is 7.65. The van der Waals surface area contributed by atoms with Crippen molar-refractivity contribution in [1.29, 1.82) is 0 Å². The molecule has 1 saturated heterocycles. The van der Waals surface area contributed by atoms with E-state index in [0.29, 0.717) is 37.9 Å². The van der Waals surface area contributed by atoms with Crippen LogP contribution < -0.4 is 15.6 Å². The summed E-state index contributed by atoms with van der Waals surface area (Å²) in [5, 5.41) is 6.90. The highest BCUT2D eigenvalue weighted by molar-refractivity contribution is 5.75. The average Bonchev–Trinajstić information content (AvgIpc) is 2.61. The fraction of sp³-hybridized carbons (Fsp3) is 0.444. The smallest absolute Gasteiger partial charge is 0.267 e. The van der Waals surface area contributed by atoms with Gasteiger partial charge in [-0.1, -0.05) is 6.92 Å². The number of ether oxygens (including phenoxy) is 2. The minimum atomic E-state index is -0.330. The van der Waals surface area contributed by atoms with Crippen LogP contribution in [-0.4, -0.2) is 47.0 Å². The Bertz CT molecular complexity index is 828. The van der Waals surface area contributed by atoms with E-state index in [1.165, 1.54) is 6.07 Å². The van der Waals surface area contributed by atoms with E-state index in [1.54, 1.807) is 18.3 Å². The molecule has 0 bridgehead atoms. The standard InChI is InChI=1S/C18H22N4O4/c1-3-19-15(23)9-22-17(24)7-5-14(21-22)13-4-6-16(20-8-13)26-12-18(2)10-25-11-18/h4-8H,3,9-12H2,1-2H3,(H,19,23). The molecule has 1 N–H and O–H groups in total. The minimum Gasteiger partial charge on any atom is -0.477 e. The van der Waals surface area contributed by atoms with Gasteiger partial charge in [-0.15, -0.1) is 0 Å². The maximum atomic E-state index is 11.9. The highest BCUT2D eigenvalue weighted by Crippen LogP contribution is 2.27. The van der Waals surface area contributed by atoms with Gasteiger partial charge in [0.1, 0.15) is 6.54 Å². The molecule has 0 spiro atoms. The van der Waals surface area contributed by atoms with E-state index in [4.69, 9.17) is 9.47 Å². The number of rotatable bonds is 7. The summed E-state index contributed by atoms with van der Waals surface area (Å²) in [6.07, 6.45) is 1.64. The molecular formula is C18H22N4O4. The summed E-state index contributed by atoms with van der Waals surface area (Å²) in [5.41, 5.74) is 1.02. The molecule has 1 amide bonds. The number of aromatic nitrogens is 3. The van der Waals surface area contributed by atoms with Gasteiger partial charge in [0.05, 0.1) is 25.5 Å². The number of carbonyl (C=O) groups is 1. The quantitative estimate of drug-likeness (QED) is 0.789. The average molecular weight is 358 g/mol. The first-order chi connectivity index (χ1) is 12.5. The summed E-state index contributed by atoms with van der Waals surface area (Å²) >= 11 is 0. The van der Waals surface area contributed by atoms with Crippen LogP contribution in [0.15, 0.2) is 35.3 Å². The first kappa shape index (κ1) is 18.1. The largest absolute Gasteiger partial charge is 0.477 e. The predicted molar refractivity (Wildman–Crippen MR) is 94.8 cm³/mol. The molecule has 1 aliphatic heterocycles. The van der Waals surface area contributed by atoms with Gasteiger partial charge in [-0.3, -0.25) is 9.59 Å². The minimum absolute atomic E-state index is 0.0521. The lowest BCUT2D eigenvalue weighted by Gasteiger charge is -2.37. The Morgan fingerprint density at radius 1 is 1.35 bits per heavy atom. The molecule has 0 aromatic carbocycles. The number of likely N-dealkylation sites (N-methyl/N-ethyl adjacent to an activating group) is 1. The van der Waals surface area contributed by atoms with Crippen LogP contribution >= 0.6 is 0 Å². The topological polar surface area (TPSA) is 95.3 Å². The maximum absolute atomic E-state index is 11.9. The van der Waals surface area contributed by atoms with Crippen LogP contribution in [0.5, 0.6) is 5.88 Å². The number of pyridine rings is 1. The Balaban J connectivity index is 1.70. The molecule has 0 unspecified atom stereocenters. The number of nitrogens with one attached hydrogen (secondary N) is 1. The third-order valence-electron chi connectivity index (χ3n) is 4.04. The van der Waals surface area contributed by atoms with Crippen LogP contribution in [-0.2, 0) is 16.1 Å². The van der Waals surface area contributed by atoms with Crippen molar-refractivity contribution in [3.05, 3.63) is 40.8 Å². The summed E-state index contributed by atoms with van der Waals surface area (Å²) < 4.78 is 12.0. The Morgan fingerprint density at radius 3 is 2.77 bits per heavy atom. The molecule has 3 heterocycles. The van der Waals surface area contributed by atoms with Crippen molar-refractivity contribution < 1.29 is 14.3 Å². The van der Waals surface area contributed by atoms with E-state index in [9.17, 15) is 9.59 Å². The zero-order chi connectivity index (χ0) is 18.6. The van der Waals surface area contributed by atoms with Crippen molar-refractivity contribution in [2.45, 2.75) is 20.4 Å². The number of carbonyl (C=O) groups excluding carboxylic acids is 1. The van der Waals surface area contributed by atoms with E-state index in [-0.39, 0.29) is 23.4 Å². The Kier molecular flexibility index (Phi) is 5.32. The van der Waals surface area contributed by atoms with Crippen molar-refractivity contribution in [2.75, 3.05) is 26.4 Å². The molecule has 1 aliphatic rings. The highest BCUT2D eigenvalue weighted by Gasteiger charge is 2.34. The van der Waals surface area contributed by atoms with E-state index < -0.39 is 0 Å². The molecule has 0 radical (unpaired) electrons. The Hall–Kier alpha value is -2.74. The molecule has 8 heteroatoms. The van der Waals surface area contributed by atoms with Gasteiger partial charge in [0.15, 0.2) is 0 Å². The fourth-order valence-electron chi connectivity index (χ4n) is 2.50. The van der Waals surface area contributed by atoms with Gasteiger partial charge in [-0.25, -0.2) is 9.67 Å². The summed E-state index contributed by atoms with van der Waals surface area (Å²) in [5.74, 6) is 0.270. The van der Waals surface area contributed by atoms with Crippen molar-refractivity contribution in [2.24, 2.45) is 5.41 Å². The summed E-state index contributed by atoms with van der Waals surface area (Å²) in [6.45, 7) is 6.25. The fourth-order valence-corrected chi connectivity index (χ4v) is 2.50. The zero-order valence-electron chi connectivity index (χ0n) is 14.9. The van der Waals surface area contributed by atoms with Gasteiger partial charge in [-0.2, -0.15) is 5.10 Å². The molecule has 2 aromatic rings. The van der Waals surface area contributed by atoms with Crippen LogP contribution in [0.4, 0.5) is 0 Å². The Labute approximate surface area is 151 Å². The summed E-state index contributed by atoms with van der Waals surface area (Å²) in [6, 6.07) is 6.59. The predicted octanol–water partition coefficient (Wildman–Crippen LogP) is 0.857. The van der Waals surface area contributed by atoms with E-state index in [1.807, 2.05) is 13.0 Å². The van der Waals surface area contributed by atoms with Gasteiger partial charge in [0, 0.05) is 35.9 Å². The van der Waals surface area contributed by atoms with Gasteiger partial charge in [0.25, 0.3) is 5.56 Å². The highest BCUT2D eigenvalue weighted by atomic mass is 16.5. The molecular weight excluding hydrogens is 336 g/mol. The number of hydrogen-bond donors (Lipinski definition) is 1. The monoisotopic (exact) mass is 358 g/mol. The van der Waals surface area contributed by atoms with Gasteiger partial charge in [-0.05, 0) is 19.1 Å². The van der Waals surface area contributed by atoms with Crippen molar-refractivity contribution in [3.63, 3.8) is 0 Å². The third-order valence-corrected chi connectivity index (χ3v) is 4.04. The Morgan fingerprint density at radius 2 is 2.15 bits per heavy atom. The van der Waals surface area contributed by atoms with E-state index in [2.05, 4.69) is 22.3 Å². The van der Waals surface area contributed by atoms with Crippen LogP contribution in [0, 0.1) is 5.41 Å². The van der Waals surface area contributed by atoms with Gasteiger partial charge in [0.2, 0.25) is 11.8 Å². The van der Waals surface area contributed by atoms with Crippen LogP contribution in [0.1, 0.15) is 13.8 Å². The lowest BCUT2D eigenvalue weighted by molar-refractivity contribution is -0.121. The second-order valence-electron chi connectivity index (χ2n) is 6.65. The molecule has 3 rings (SSSR count). The molecule has 0 saturated carbocycles. The first-order valence-corrected chi connectivity index (χ1v) is 8.51. The van der Waals surface area contributed by atoms with E-state index >= 15 is 0 Å². The van der Waals surface area contributed by atoms with Gasteiger partial charge >= 0.3 is 0 Å². The maximum Gasteiger partial charge on any atom is 0.267 e. The van der Waals surface area contributed by atoms with E-state index in [0.717, 1.165) is 10.2 Å². The molecule has 26 heavy (non-hydrogen) atoms. The first-order valence-electron chi connectivity index (χ1n) is 8.51. The SMILES string of the molecule is CCNC(=O)Cn1nc(-c2ccc(OCC3(C)COC3)nc2)ccc1=O. The van der Waals surface area contributed by atoms with Gasteiger partial charge < -0.3 is 14.8 Å². The molecule has 138 valence electrons. The van der Waals surface area contributed by atoms with Crippen molar-refractivity contribution in [3.8, 4) is 17.1 Å². The third kappa shape index (κ3) is 4.26. The lowest BCUT2D eigenvalue weighted by atomic mass is 9.90. The summed E-state index contributed by atoms with van der Waals surface area (Å²) in [7, 11) is 0. The summed E-state index contributed by atoms with van der Waals surface area (Å²) in [4.78, 5) is 27.9. The normalized spacial score (nSPS) is 15.2. The van der Waals surface area contributed by atoms with Crippen LogP contribution in [0.25, 0.3) is 11.3 Å². The zero-order valence-corrected chi connectivity index (χ0v) is 14.9. The van der Waals surface area contributed by atoms with Crippen molar-refractivity contribution in [1.82, 2.24) is 20.1 Å². The lowest BCUT2D eigenvalue weighted by Crippen LogP contribution is -2.44. The van der Waals surface area contributed by atoms with Crippen LogP contribution in [0.3, 0.4) is 0 Å². The molecule has 2 aromatic heterocycles.